The van der Waals surface area contributed by atoms with E-state index < -0.39 is 10.0 Å². The summed E-state index contributed by atoms with van der Waals surface area (Å²) in [5, 5.41) is 3.16. The van der Waals surface area contributed by atoms with E-state index in [-0.39, 0.29) is 11.9 Å². The van der Waals surface area contributed by atoms with Gasteiger partial charge in [-0.05, 0) is 0 Å². The first-order valence-corrected chi connectivity index (χ1v) is 6.54. The van der Waals surface area contributed by atoms with E-state index in [1.54, 1.807) is 7.05 Å². The molecule has 0 spiro atoms. The predicted molar refractivity (Wildman–Crippen MR) is 59.2 cm³/mol. The minimum absolute atomic E-state index is 0.0242. The van der Waals surface area contributed by atoms with Gasteiger partial charge in [0, 0.05) is 26.7 Å². The number of likely N-dealkylation sites (N-methyl/N-ethyl adjacent to an activating group) is 1. The summed E-state index contributed by atoms with van der Waals surface area (Å²) in [7, 11) is -1.64. The first-order chi connectivity index (χ1) is 7.06. The van der Waals surface area contributed by atoms with Crippen molar-refractivity contribution in [3.63, 3.8) is 0 Å². The second kappa shape index (κ2) is 5.60. The molecule has 0 saturated carbocycles. The van der Waals surface area contributed by atoms with Crippen LogP contribution in [0.5, 0.6) is 0 Å². The Balaban J connectivity index is 2.46. The molecule has 1 heterocycles. The number of rotatable bonds is 5. The van der Waals surface area contributed by atoms with E-state index in [2.05, 4.69) is 11.9 Å². The Morgan fingerprint density at radius 2 is 2.40 bits per heavy atom. The van der Waals surface area contributed by atoms with Crippen molar-refractivity contribution in [2.75, 3.05) is 39.0 Å². The summed E-state index contributed by atoms with van der Waals surface area (Å²) in [5.74, 6) is -0.0242. The molecule has 1 N–H and O–H groups in total. The number of ether oxygens (including phenoxy) is 1. The van der Waals surface area contributed by atoms with Crippen LogP contribution in [0.3, 0.4) is 0 Å². The first kappa shape index (κ1) is 12.6. The third kappa shape index (κ3) is 3.90. The Morgan fingerprint density at radius 3 is 2.93 bits per heavy atom. The van der Waals surface area contributed by atoms with Crippen LogP contribution in [-0.4, -0.2) is 57.9 Å². The van der Waals surface area contributed by atoms with Gasteiger partial charge in [0.1, 0.15) is 0 Å². The molecular formula is C9H18N2O3S. The summed E-state index contributed by atoms with van der Waals surface area (Å²) >= 11 is 0. The van der Waals surface area contributed by atoms with Crippen LogP contribution in [0.15, 0.2) is 12.7 Å². The number of nitrogens with one attached hydrogen (secondary N) is 1. The molecule has 0 amide bonds. The SMILES string of the molecule is C=CCS(=O)(=O)N(C)CC1CNCCO1. The molecule has 1 saturated heterocycles. The van der Waals surface area contributed by atoms with Crippen molar-refractivity contribution in [1.29, 1.82) is 0 Å². The van der Waals surface area contributed by atoms with Crippen molar-refractivity contribution in [1.82, 2.24) is 9.62 Å². The molecule has 15 heavy (non-hydrogen) atoms. The van der Waals surface area contributed by atoms with Gasteiger partial charge in [-0.2, -0.15) is 0 Å². The van der Waals surface area contributed by atoms with Crippen LogP contribution in [0.1, 0.15) is 0 Å². The fourth-order valence-corrected chi connectivity index (χ4v) is 2.36. The predicted octanol–water partition coefficient (Wildman–Crippen LogP) is -0.578. The maximum Gasteiger partial charge on any atom is 0.217 e. The van der Waals surface area contributed by atoms with Gasteiger partial charge >= 0.3 is 0 Å². The van der Waals surface area contributed by atoms with Crippen LogP contribution < -0.4 is 5.32 Å². The first-order valence-electron chi connectivity index (χ1n) is 4.93. The molecule has 1 fully saturated rings. The summed E-state index contributed by atoms with van der Waals surface area (Å²) in [6.07, 6.45) is 1.34. The van der Waals surface area contributed by atoms with Crippen LogP contribution in [0, 0.1) is 0 Å². The second-order valence-corrected chi connectivity index (χ2v) is 5.67. The molecule has 1 aliphatic heterocycles. The van der Waals surface area contributed by atoms with Crippen LogP contribution in [0.2, 0.25) is 0 Å². The van der Waals surface area contributed by atoms with E-state index in [0.29, 0.717) is 19.7 Å². The molecule has 0 aromatic heterocycles. The molecule has 6 heteroatoms. The fourth-order valence-electron chi connectivity index (χ4n) is 1.41. The van der Waals surface area contributed by atoms with Crippen LogP contribution in [-0.2, 0) is 14.8 Å². The molecular weight excluding hydrogens is 216 g/mol. The van der Waals surface area contributed by atoms with E-state index in [4.69, 9.17) is 4.74 Å². The fraction of sp³-hybridized carbons (Fsp3) is 0.778. The molecule has 1 atom stereocenters. The Labute approximate surface area is 91.1 Å². The average Bonchev–Trinajstić information content (AvgIpc) is 2.19. The molecule has 0 radical (unpaired) electrons. The maximum atomic E-state index is 11.6. The summed E-state index contributed by atoms with van der Waals surface area (Å²) in [6, 6.07) is 0. The van der Waals surface area contributed by atoms with Crippen molar-refractivity contribution >= 4 is 10.0 Å². The number of hydrogen-bond donors (Lipinski definition) is 1. The second-order valence-electron chi connectivity index (χ2n) is 3.54. The zero-order valence-electron chi connectivity index (χ0n) is 8.98. The lowest BCUT2D eigenvalue weighted by Gasteiger charge is -2.27. The highest BCUT2D eigenvalue weighted by molar-refractivity contribution is 7.89. The molecule has 5 nitrogen and oxygen atoms in total. The summed E-state index contributed by atoms with van der Waals surface area (Å²) < 4.78 is 29.9. The van der Waals surface area contributed by atoms with E-state index >= 15 is 0 Å². The van der Waals surface area contributed by atoms with Gasteiger partial charge in [-0.25, -0.2) is 12.7 Å². The van der Waals surface area contributed by atoms with Gasteiger partial charge < -0.3 is 10.1 Å². The third-order valence-electron chi connectivity index (χ3n) is 2.27. The molecule has 0 bridgehead atoms. The smallest absolute Gasteiger partial charge is 0.217 e. The minimum Gasteiger partial charge on any atom is -0.374 e. The van der Waals surface area contributed by atoms with Crippen molar-refractivity contribution in [2.45, 2.75) is 6.10 Å². The lowest BCUT2D eigenvalue weighted by Crippen LogP contribution is -2.46. The average molecular weight is 234 g/mol. The highest BCUT2D eigenvalue weighted by atomic mass is 32.2. The maximum absolute atomic E-state index is 11.6. The summed E-state index contributed by atoms with van der Waals surface area (Å²) in [5.41, 5.74) is 0. The zero-order valence-corrected chi connectivity index (χ0v) is 9.79. The Bertz CT molecular complexity index is 296. The number of nitrogens with zero attached hydrogens (tertiary/aromatic N) is 1. The molecule has 88 valence electrons. The lowest BCUT2D eigenvalue weighted by atomic mass is 10.3. The topological polar surface area (TPSA) is 58.6 Å². The van der Waals surface area contributed by atoms with Crippen LogP contribution >= 0.6 is 0 Å². The Morgan fingerprint density at radius 1 is 1.67 bits per heavy atom. The third-order valence-corrected chi connectivity index (χ3v) is 4.02. The van der Waals surface area contributed by atoms with Crippen molar-refractivity contribution < 1.29 is 13.2 Å². The van der Waals surface area contributed by atoms with E-state index in [0.717, 1.165) is 6.54 Å². The van der Waals surface area contributed by atoms with Gasteiger partial charge in [-0.3, -0.25) is 0 Å². The van der Waals surface area contributed by atoms with Gasteiger partial charge in [-0.1, -0.05) is 6.08 Å². The summed E-state index contributed by atoms with van der Waals surface area (Å²) in [6.45, 7) is 5.99. The van der Waals surface area contributed by atoms with Crippen LogP contribution in [0.4, 0.5) is 0 Å². The van der Waals surface area contributed by atoms with E-state index in [1.165, 1.54) is 10.4 Å². The quantitative estimate of drug-likeness (QED) is 0.647. The normalized spacial score (nSPS) is 22.9. The number of hydrogen-bond acceptors (Lipinski definition) is 4. The Hall–Kier alpha value is -0.430. The van der Waals surface area contributed by atoms with Crippen molar-refractivity contribution in [3.05, 3.63) is 12.7 Å². The number of sulfonamides is 1. The van der Waals surface area contributed by atoms with Crippen molar-refractivity contribution in [2.24, 2.45) is 0 Å². The largest absolute Gasteiger partial charge is 0.374 e. The van der Waals surface area contributed by atoms with Gasteiger partial charge in [0.25, 0.3) is 0 Å². The molecule has 0 aromatic rings. The lowest BCUT2D eigenvalue weighted by molar-refractivity contribution is 0.0206. The zero-order chi connectivity index (χ0) is 11.3. The monoisotopic (exact) mass is 234 g/mol. The van der Waals surface area contributed by atoms with E-state index in [9.17, 15) is 8.42 Å². The van der Waals surface area contributed by atoms with Gasteiger partial charge in [0.05, 0.1) is 18.5 Å². The molecule has 0 aliphatic carbocycles. The standard InChI is InChI=1S/C9H18N2O3S/c1-3-6-15(12,13)11(2)8-9-7-10-4-5-14-9/h3,9-10H,1,4-8H2,2H3. The van der Waals surface area contributed by atoms with E-state index in [1.807, 2.05) is 0 Å². The van der Waals surface area contributed by atoms with Crippen LogP contribution in [0.25, 0.3) is 0 Å². The van der Waals surface area contributed by atoms with Gasteiger partial charge in [0.15, 0.2) is 0 Å². The highest BCUT2D eigenvalue weighted by Gasteiger charge is 2.22. The number of morpholine rings is 1. The molecule has 1 unspecified atom stereocenters. The molecule has 1 rings (SSSR count). The Kier molecular flexibility index (Phi) is 4.72. The molecule has 0 aromatic carbocycles. The summed E-state index contributed by atoms with van der Waals surface area (Å²) in [4.78, 5) is 0. The highest BCUT2D eigenvalue weighted by Crippen LogP contribution is 2.04. The minimum atomic E-state index is -3.20. The van der Waals surface area contributed by atoms with Gasteiger partial charge in [0.2, 0.25) is 10.0 Å². The molecule has 1 aliphatic rings. The van der Waals surface area contributed by atoms with Gasteiger partial charge in [-0.15, -0.1) is 6.58 Å². The van der Waals surface area contributed by atoms with Crippen molar-refractivity contribution in [3.8, 4) is 0 Å².